The maximum atomic E-state index is 14.3. The Balaban J connectivity index is 1.85. The van der Waals surface area contributed by atoms with E-state index in [2.05, 4.69) is 36.3 Å². The number of likely N-dealkylation sites (N-methyl/N-ethyl adjacent to an activating group) is 1. The molecule has 1 aliphatic heterocycles. The second-order valence-corrected chi connectivity index (χ2v) is 13.0. The molecule has 2 aromatic rings. The maximum absolute atomic E-state index is 14.3. The van der Waals surface area contributed by atoms with E-state index in [-0.39, 0.29) is 36.5 Å². The van der Waals surface area contributed by atoms with Crippen molar-refractivity contribution in [3.05, 3.63) is 53.6 Å². The van der Waals surface area contributed by atoms with Gasteiger partial charge in [-0.15, -0.1) is 0 Å². The fourth-order valence-electron chi connectivity index (χ4n) is 5.66. The molecule has 0 aliphatic carbocycles. The molecule has 2 N–H and O–H groups in total. The van der Waals surface area contributed by atoms with Crippen molar-refractivity contribution in [3.63, 3.8) is 0 Å². The van der Waals surface area contributed by atoms with Gasteiger partial charge in [-0.3, -0.25) is 14.5 Å². The first-order valence-electron chi connectivity index (χ1n) is 16.6. The molecule has 1 aliphatic rings. The molecule has 2 amide bonds. The van der Waals surface area contributed by atoms with Gasteiger partial charge in [0.15, 0.2) is 0 Å². The molecule has 256 valence electrons. The lowest BCUT2D eigenvalue weighted by Crippen LogP contribution is -2.47. The van der Waals surface area contributed by atoms with E-state index < -0.39 is 6.04 Å². The molecular weight excluding hydrogens is 584 g/mol. The van der Waals surface area contributed by atoms with Crippen LogP contribution in [0.1, 0.15) is 68.8 Å². The van der Waals surface area contributed by atoms with Gasteiger partial charge in [0.1, 0.15) is 11.5 Å². The summed E-state index contributed by atoms with van der Waals surface area (Å²) in [7, 11) is 7.70. The Morgan fingerprint density at radius 3 is 2.54 bits per heavy atom. The number of carbonyl (C=O) groups is 2. The Bertz CT molecular complexity index is 1220. The predicted octanol–water partition coefficient (Wildman–Crippen LogP) is 4.90. The summed E-state index contributed by atoms with van der Waals surface area (Å²) in [6.45, 7) is 9.03. The van der Waals surface area contributed by atoms with Gasteiger partial charge in [-0.05, 0) is 103 Å². The van der Waals surface area contributed by atoms with Gasteiger partial charge in [-0.2, -0.15) is 0 Å². The Morgan fingerprint density at radius 2 is 1.87 bits per heavy atom. The number of amides is 2. The molecule has 0 radical (unpaired) electrons. The summed E-state index contributed by atoms with van der Waals surface area (Å²) in [4.78, 5) is 33.0. The highest BCUT2D eigenvalue weighted by atomic mass is 16.5. The monoisotopic (exact) mass is 640 g/mol. The van der Waals surface area contributed by atoms with Gasteiger partial charge >= 0.3 is 0 Å². The number of hydrogen-bond donors (Lipinski definition) is 2. The van der Waals surface area contributed by atoms with Crippen LogP contribution in [0.2, 0.25) is 0 Å². The van der Waals surface area contributed by atoms with Crippen molar-refractivity contribution in [2.75, 3.05) is 66.4 Å². The molecule has 1 heterocycles. The highest BCUT2D eigenvalue weighted by molar-refractivity contribution is 5.99. The van der Waals surface area contributed by atoms with Crippen LogP contribution in [0.15, 0.2) is 42.5 Å². The van der Waals surface area contributed by atoms with Gasteiger partial charge in [0.2, 0.25) is 5.91 Å². The molecule has 0 fully saturated rings. The standard InChI is InChI=1S/C36H56N4O6/c1-26-22-40(27(2)25-41)36(43)32-21-30(37-35(42)12-10-19-38(4)5)15-18-33(32)46-28(3)11-8-9-20-45-34(26)24-39(6)23-29-13-16-31(44-7)17-14-29/h13-18,21,26-28,34,41H,8-12,19-20,22-25H2,1-7H3,(H,37,42)/t26-,27+,28-,34+/m0/s1. The van der Waals surface area contributed by atoms with Crippen LogP contribution in [-0.2, 0) is 16.1 Å². The number of nitrogens with zero attached hydrogens (tertiary/aromatic N) is 3. The fourth-order valence-corrected chi connectivity index (χ4v) is 5.66. The summed E-state index contributed by atoms with van der Waals surface area (Å²) in [5.41, 5.74) is 2.09. The topological polar surface area (TPSA) is 104 Å². The molecule has 3 rings (SSSR count). The molecule has 0 saturated heterocycles. The Hall–Kier alpha value is -3.18. The SMILES string of the molecule is COc1ccc(CN(C)C[C@H]2OCCCC[C@H](C)Oc3ccc(NC(=O)CCCN(C)C)cc3C(=O)N([C@H](C)CO)C[C@@H]2C)cc1. The first-order chi connectivity index (χ1) is 22.0. The molecule has 46 heavy (non-hydrogen) atoms. The summed E-state index contributed by atoms with van der Waals surface area (Å²) >= 11 is 0. The fraction of sp³-hybridized carbons (Fsp3) is 0.611. The van der Waals surface area contributed by atoms with Gasteiger partial charge in [-0.1, -0.05) is 19.1 Å². The van der Waals surface area contributed by atoms with E-state index in [9.17, 15) is 14.7 Å². The van der Waals surface area contributed by atoms with Crippen molar-refractivity contribution in [2.24, 2.45) is 5.92 Å². The maximum Gasteiger partial charge on any atom is 0.258 e. The third-order valence-corrected chi connectivity index (χ3v) is 8.45. The minimum absolute atomic E-state index is 0.0258. The van der Waals surface area contributed by atoms with Gasteiger partial charge in [-0.25, -0.2) is 0 Å². The van der Waals surface area contributed by atoms with E-state index in [0.29, 0.717) is 43.1 Å². The second kappa shape index (κ2) is 18.8. The number of anilines is 1. The molecule has 0 spiro atoms. The number of nitrogens with one attached hydrogen (secondary N) is 1. The normalized spacial score (nSPS) is 20.5. The molecule has 0 aromatic heterocycles. The highest BCUT2D eigenvalue weighted by Crippen LogP contribution is 2.29. The first kappa shape index (κ1) is 37.3. The van der Waals surface area contributed by atoms with Crippen molar-refractivity contribution in [1.82, 2.24) is 14.7 Å². The number of fused-ring (bicyclic) bond motifs is 1. The zero-order valence-corrected chi connectivity index (χ0v) is 29.0. The summed E-state index contributed by atoms with van der Waals surface area (Å²) in [6, 6.07) is 12.9. The van der Waals surface area contributed by atoms with E-state index in [1.165, 1.54) is 5.56 Å². The molecule has 0 unspecified atom stereocenters. The number of methoxy groups -OCH3 is 1. The zero-order valence-electron chi connectivity index (χ0n) is 29.0. The van der Waals surface area contributed by atoms with Crippen LogP contribution in [0, 0.1) is 5.92 Å². The average Bonchev–Trinajstić information content (AvgIpc) is 3.02. The molecular formula is C36H56N4O6. The number of ether oxygens (including phenoxy) is 3. The Labute approximate surface area is 276 Å². The van der Waals surface area contributed by atoms with Crippen molar-refractivity contribution in [2.45, 2.75) is 77.7 Å². The quantitative estimate of drug-likeness (QED) is 0.338. The van der Waals surface area contributed by atoms with E-state index >= 15 is 0 Å². The van der Waals surface area contributed by atoms with Gasteiger partial charge in [0.25, 0.3) is 5.91 Å². The van der Waals surface area contributed by atoms with E-state index in [4.69, 9.17) is 14.2 Å². The number of carbonyl (C=O) groups excluding carboxylic acids is 2. The lowest BCUT2D eigenvalue weighted by Gasteiger charge is -2.36. The minimum Gasteiger partial charge on any atom is -0.497 e. The molecule has 4 atom stereocenters. The smallest absolute Gasteiger partial charge is 0.258 e. The molecule has 0 saturated carbocycles. The predicted molar refractivity (Wildman–Crippen MR) is 183 cm³/mol. The summed E-state index contributed by atoms with van der Waals surface area (Å²) in [5, 5.41) is 13.2. The number of benzene rings is 2. The Kier molecular flexibility index (Phi) is 15.3. The minimum atomic E-state index is -0.435. The largest absolute Gasteiger partial charge is 0.497 e. The van der Waals surface area contributed by atoms with Crippen LogP contribution in [0.3, 0.4) is 0 Å². The van der Waals surface area contributed by atoms with Gasteiger partial charge in [0, 0.05) is 44.3 Å². The van der Waals surface area contributed by atoms with Gasteiger partial charge < -0.3 is 34.4 Å². The number of aliphatic hydroxyl groups excluding tert-OH is 1. The van der Waals surface area contributed by atoms with E-state index in [1.54, 1.807) is 30.2 Å². The van der Waals surface area contributed by atoms with E-state index in [0.717, 1.165) is 44.5 Å². The zero-order chi connectivity index (χ0) is 33.6. The van der Waals surface area contributed by atoms with Crippen molar-refractivity contribution in [1.29, 1.82) is 0 Å². The number of aliphatic hydroxyl groups is 1. The van der Waals surface area contributed by atoms with Crippen molar-refractivity contribution in [3.8, 4) is 11.5 Å². The van der Waals surface area contributed by atoms with Crippen LogP contribution in [0.5, 0.6) is 11.5 Å². The molecule has 2 aromatic carbocycles. The summed E-state index contributed by atoms with van der Waals surface area (Å²) in [5.74, 6) is 0.934. The highest BCUT2D eigenvalue weighted by Gasteiger charge is 2.30. The Morgan fingerprint density at radius 1 is 1.13 bits per heavy atom. The first-order valence-corrected chi connectivity index (χ1v) is 16.6. The number of rotatable bonds is 12. The van der Waals surface area contributed by atoms with Crippen molar-refractivity contribution < 1.29 is 28.9 Å². The molecule has 10 nitrogen and oxygen atoms in total. The molecule has 0 bridgehead atoms. The van der Waals surface area contributed by atoms with E-state index in [1.807, 2.05) is 45.0 Å². The lowest BCUT2D eigenvalue weighted by atomic mass is 10.0. The van der Waals surface area contributed by atoms with Crippen LogP contribution in [0.25, 0.3) is 0 Å². The third kappa shape index (κ3) is 11.9. The number of hydrogen-bond acceptors (Lipinski definition) is 8. The van der Waals surface area contributed by atoms with Crippen LogP contribution in [-0.4, -0.2) is 111 Å². The summed E-state index contributed by atoms with van der Waals surface area (Å²) < 4.78 is 18.1. The second-order valence-electron chi connectivity index (χ2n) is 13.0. The lowest BCUT2D eigenvalue weighted by molar-refractivity contribution is -0.116. The van der Waals surface area contributed by atoms with Crippen molar-refractivity contribution >= 4 is 17.5 Å². The third-order valence-electron chi connectivity index (χ3n) is 8.45. The van der Waals surface area contributed by atoms with Crippen LogP contribution < -0.4 is 14.8 Å². The van der Waals surface area contributed by atoms with Crippen LogP contribution in [0.4, 0.5) is 5.69 Å². The molecule has 10 heteroatoms. The van der Waals surface area contributed by atoms with Crippen LogP contribution >= 0.6 is 0 Å². The average molecular weight is 641 g/mol. The van der Waals surface area contributed by atoms with Gasteiger partial charge in [0.05, 0.1) is 37.5 Å². The summed E-state index contributed by atoms with van der Waals surface area (Å²) in [6.07, 6.45) is 3.53.